The van der Waals surface area contributed by atoms with Gasteiger partial charge in [-0.05, 0) is 12.1 Å². The summed E-state index contributed by atoms with van der Waals surface area (Å²) in [6, 6.07) is 9.33. The summed E-state index contributed by atoms with van der Waals surface area (Å²) in [7, 11) is 3.50. The lowest BCUT2D eigenvalue weighted by atomic mass is 10.0. The average molecular weight is 426 g/mol. The minimum absolute atomic E-state index is 0.0469. The van der Waals surface area contributed by atoms with Crippen LogP contribution in [0.5, 0.6) is 0 Å². The molecule has 0 unspecified atom stereocenters. The van der Waals surface area contributed by atoms with Gasteiger partial charge in [0.15, 0.2) is 5.13 Å². The number of morpholine rings is 1. The number of ether oxygens (including phenoxy) is 1. The highest BCUT2D eigenvalue weighted by molar-refractivity contribution is 7.13. The predicted octanol–water partition coefficient (Wildman–Crippen LogP) is 2.41. The van der Waals surface area contributed by atoms with Crippen LogP contribution in [0.2, 0.25) is 0 Å². The fourth-order valence-electron chi connectivity index (χ4n) is 3.36. The van der Waals surface area contributed by atoms with Crippen molar-refractivity contribution in [1.29, 1.82) is 0 Å². The zero-order chi connectivity index (χ0) is 21.1. The van der Waals surface area contributed by atoms with Gasteiger partial charge in [0.25, 0.3) is 5.91 Å². The van der Waals surface area contributed by atoms with E-state index in [-0.39, 0.29) is 17.9 Å². The largest absolute Gasteiger partial charge is 0.369 e. The normalized spacial score (nSPS) is 17.1. The van der Waals surface area contributed by atoms with Gasteiger partial charge < -0.3 is 9.64 Å². The molecule has 3 aromatic rings. The zero-order valence-electron chi connectivity index (χ0n) is 16.9. The molecule has 1 aliphatic heterocycles. The molecule has 9 heteroatoms. The molecule has 4 rings (SSSR count). The Morgan fingerprint density at radius 3 is 2.93 bits per heavy atom. The molecule has 0 saturated carbocycles. The number of para-hydroxylation sites is 1. The Kier molecular flexibility index (Phi) is 6.03. The molecule has 1 fully saturated rings. The highest BCUT2D eigenvalue weighted by atomic mass is 32.1. The molecule has 2 amide bonds. The van der Waals surface area contributed by atoms with Crippen molar-refractivity contribution in [2.75, 3.05) is 45.7 Å². The van der Waals surface area contributed by atoms with Crippen LogP contribution >= 0.6 is 11.3 Å². The van der Waals surface area contributed by atoms with E-state index in [2.05, 4.69) is 15.2 Å². The quantitative estimate of drug-likeness (QED) is 0.676. The summed E-state index contributed by atoms with van der Waals surface area (Å²) < 4.78 is 5.95. The van der Waals surface area contributed by atoms with Crippen LogP contribution in [0.25, 0.3) is 10.9 Å². The molecule has 3 heterocycles. The second-order valence-electron chi connectivity index (χ2n) is 7.29. The number of hydrogen-bond donors (Lipinski definition) is 1. The van der Waals surface area contributed by atoms with Gasteiger partial charge in [-0.1, -0.05) is 18.2 Å². The lowest BCUT2D eigenvalue weighted by molar-refractivity contribution is -0.132. The predicted molar refractivity (Wildman–Crippen MR) is 116 cm³/mol. The minimum Gasteiger partial charge on any atom is -0.369 e. The second kappa shape index (κ2) is 8.86. The molecule has 0 radical (unpaired) electrons. The van der Waals surface area contributed by atoms with Gasteiger partial charge in [0, 0.05) is 44.1 Å². The highest BCUT2D eigenvalue weighted by Gasteiger charge is 2.26. The third-order valence-electron chi connectivity index (χ3n) is 4.97. The Morgan fingerprint density at radius 2 is 2.17 bits per heavy atom. The average Bonchev–Trinajstić information content (AvgIpc) is 3.26. The van der Waals surface area contributed by atoms with E-state index < -0.39 is 0 Å². The summed E-state index contributed by atoms with van der Waals surface area (Å²) in [5, 5.41) is 5.97. The molecule has 0 bridgehead atoms. The van der Waals surface area contributed by atoms with Crippen molar-refractivity contribution in [3.8, 4) is 0 Å². The Bertz CT molecular complexity index is 1050. The summed E-state index contributed by atoms with van der Waals surface area (Å²) >= 11 is 1.37. The molecule has 1 atom stereocenters. The first kappa shape index (κ1) is 20.4. The van der Waals surface area contributed by atoms with Crippen LogP contribution in [0.3, 0.4) is 0 Å². The summed E-state index contributed by atoms with van der Waals surface area (Å²) in [5.41, 5.74) is 1.93. The van der Waals surface area contributed by atoms with Crippen molar-refractivity contribution in [3.05, 3.63) is 53.2 Å². The van der Waals surface area contributed by atoms with Crippen LogP contribution in [0.15, 0.2) is 41.9 Å². The molecule has 156 valence electrons. The van der Waals surface area contributed by atoms with Crippen molar-refractivity contribution in [2.45, 2.75) is 6.10 Å². The third kappa shape index (κ3) is 4.48. The summed E-state index contributed by atoms with van der Waals surface area (Å²) in [6.07, 6.45) is 1.33. The first-order chi connectivity index (χ1) is 14.5. The van der Waals surface area contributed by atoms with Crippen molar-refractivity contribution in [2.24, 2.45) is 0 Å². The van der Waals surface area contributed by atoms with E-state index in [9.17, 15) is 9.59 Å². The maximum absolute atomic E-state index is 13.0. The topological polar surface area (TPSA) is 87.7 Å². The Hall–Kier alpha value is -2.88. The summed E-state index contributed by atoms with van der Waals surface area (Å²) in [4.78, 5) is 37.6. The van der Waals surface area contributed by atoms with Gasteiger partial charge >= 0.3 is 0 Å². The molecule has 0 spiro atoms. The van der Waals surface area contributed by atoms with E-state index in [0.29, 0.717) is 42.6 Å². The third-order valence-corrected chi connectivity index (χ3v) is 5.66. The number of pyridine rings is 1. The van der Waals surface area contributed by atoms with E-state index in [4.69, 9.17) is 9.72 Å². The Morgan fingerprint density at radius 1 is 1.33 bits per heavy atom. The van der Waals surface area contributed by atoms with Crippen LogP contribution in [0, 0.1) is 0 Å². The number of fused-ring (bicyclic) bond motifs is 1. The monoisotopic (exact) mass is 425 g/mol. The van der Waals surface area contributed by atoms with Crippen LogP contribution in [0.4, 0.5) is 5.13 Å². The van der Waals surface area contributed by atoms with Crippen LogP contribution in [-0.2, 0) is 9.53 Å². The van der Waals surface area contributed by atoms with Crippen molar-refractivity contribution >= 4 is 39.2 Å². The molecular weight excluding hydrogens is 402 g/mol. The summed E-state index contributed by atoms with van der Waals surface area (Å²) in [6.45, 7) is 2.05. The van der Waals surface area contributed by atoms with Gasteiger partial charge in [-0.3, -0.25) is 19.8 Å². The van der Waals surface area contributed by atoms with Crippen LogP contribution < -0.4 is 5.32 Å². The first-order valence-electron chi connectivity index (χ1n) is 9.66. The molecule has 1 aromatic carbocycles. The Labute approximate surface area is 178 Å². The van der Waals surface area contributed by atoms with E-state index >= 15 is 0 Å². The molecule has 8 nitrogen and oxygen atoms in total. The van der Waals surface area contributed by atoms with Gasteiger partial charge in [0.2, 0.25) is 5.91 Å². The molecule has 1 N–H and O–H groups in total. The van der Waals surface area contributed by atoms with Gasteiger partial charge in [-0.2, -0.15) is 0 Å². The minimum atomic E-state index is -0.315. The van der Waals surface area contributed by atoms with E-state index in [1.165, 1.54) is 11.3 Å². The Balaban J connectivity index is 1.62. The SMILES string of the molecule is CN(C)C(=O)CN1CCO[C@H](c2cc(C(=O)Nc3nccs3)c3ccccc3n2)C1. The number of carbonyl (C=O) groups is 2. The molecule has 2 aromatic heterocycles. The number of anilines is 1. The maximum Gasteiger partial charge on any atom is 0.258 e. The summed E-state index contributed by atoms with van der Waals surface area (Å²) in [5.74, 6) is -0.189. The number of nitrogens with zero attached hydrogens (tertiary/aromatic N) is 4. The molecule has 0 aliphatic carbocycles. The number of aromatic nitrogens is 2. The standard InChI is InChI=1S/C21H23N5O3S/c1-25(2)19(27)13-26-8-9-29-18(12-26)17-11-15(14-5-3-4-6-16(14)23-17)20(28)24-21-22-7-10-30-21/h3-7,10-11,18H,8-9,12-13H2,1-2H3,(H,22,24,28)/t18-/m0/s1. The van der Waals surface area contributed by atoms with E-state index in [0.717, 1.165) is 10.9 Å². The van der Waals surface area contributed by atoms with E-state index in [1.807, 2.05) is 29.6 Å². The highest BCUT2D eigenvalue weighted by Crippen LogP contribution is 2.27. The number of amides is 2. The number of benzene rings is 1. The molecular formula is C21H23N5O3S. The van der Waals surface area contributed by atoms with Gasteiger partial charge in [0.1, 0.15) is 6.10 Å². The van der Waals surface area contributed by atoms with Gasteiger partial charge in [-0.15, -0.1) is 11.3 Å². The zero-order valence-corrected chi connectivity index (χ0v) is 17.7. The lowest BCUT2D eigenvalue weighted by Gasteiger charge is -2.33. The van der Waals surface area contributed by atoms with Crippen molar-refractivity contribution in [3.63, 3.8) is 0 Å². The molecule has 30 heavy (non-hydrogen) atoms. The molecule has 1 aliphatic rings. The number of rotatable bonds is 5. The smallest absolute Gasteiger partial charge is 0.258 e. The maximum atomic E-state index is 13.0. The van der Waals surface area contributed by atoms with Crippen LogP contribution in [0.1, 0.15) is 22.2 Å². The van der Waals surface area contributed by atoms with Crippen LogP contribution in [-0.4, -0.2) is 71.9 Å². The fourth-order valence-corrected chi connectivity index (χ4v) is 3.88. The fraction of sp³-hybridized carbons (Fsp3) is 0.333. The second-order valence-corrected chi connectivity index (χ2v) is 8.18. The number of nitrogens with one attached hydrogen (secondary N) is 1. The van der Waals surface area contributed by atoms with Crippen molar-refractivity contribution in [1.82, 2.24) is 19.8 Å². The van der Waals surface area contributed by atoms with Gasteiger partial charge in [0.05, 0.1) is 29.9 Å². The number of thiazole rings is 1. The number of likely N-dealkylation sites (N-methyl/N-ethyl adjacent to an activating group) is 1. The number of carbonyl (C=O) groups excluding carboxylic acids is 2. The van der Waals surface area contributed by atoms with E-state index in [1.54, 1.807) is 31.3 Å². The van der Waals surface area contributed by atoms with Crippen molar-refractivity contribution < 1.29 is 14.3 Å². The number of hydrogen-bond acceptors (Lipinski definition) is 7. The first-order valence-corrected chi connectivity index (χ1v) is 10.5. The lowest BCUT2D eigenvalue weighted by Crippen LogP contribution is -2.44. The van der Waals surface area contributed by atoms with Gasteiger partial charge in [-0.25, -0.2) is 9.97 Å². The molecule has 1 saturated heterocycles.